The minimum Gasteiger partial charge on any atom is -0.292 e. The Morgan fingerprint density at radius 3 is 2.44 bits per heavy atom. The van der Waals surface area contributed by atoms with Gasteiger partial charge in [0.1, 0.15) is 0 Å². The number of likely N-dealkylation sites (tertiary alicyclic amines) is 1. The van der Waals surface area contributed by atoms with Gasteiger partial charge >= 0.3 is 0 Å². The highest BCUT2D eigenvalue weighted by Gasteiger charge is 2.36. The molecule has 0 unspecified atom stereocenters. The van der Waals surface area contributed by atoms with Crippen LogP contribution in [0.2, 0.25) is 5.02 Å². The maximum absolute atomic E-state index is 12.6. The number of rotatable bonds is 3. The molecular weight excluding hydrogens is 246 g/mol. The van der Waals surface area contributed by atoms with Gasteiger partial charge in [-0.05, 0) is 58.3 Å². The van der Waals surface area contributed by atoms with Gasteiger partial charge < -0.3 is 0 Å². The third kappa shape index (κ3) is 2.45. The number of benzene rings is 1. The van der Waals surface area contributed by atoms with Gasteiger partial charge in [0.05, 0.1) is 5.54 Å². The average Bonchev–Trinajstić information content (AvgIpc) is 2.86. The molecule has 0 aliphatic carbocycles. The Balaban J connectivity index is 2.26. The molecular formula is C15H20ClNO. The first-order valence-corrected chi connectivity index (χ1v) is 6.87. The third-order valence-corrected chi connectivity index (χ3v) is 4.29. The molecule has 1 heterocycles. The summed E-state index contributed by atoms with van der Waals surface area (Å²) in [5, 5.41) is 0.665. The molecule has 1 aromatic carbocycles. The number of ketones is 1. The van der Waals surface area contributed by atoms with Crippen molar-refractivity contribution in [1.82, 2.24) is 4.90 Å². The minimum atomic E-state index is -0.435. The Hall–Kier alpha value is -0.860. The number of nitrogens with zero attached hydrogens (tertiary/aromatic N) is 1. The van der Waals surface area contributed by atoms with E-state index in [1.165, 1.54) is 12.8 Å². The zero-order valence-corrected chi connectivity index (χ0v) is 12.0. The van der Waals surface area contributed by atoms with E-state index in [2.05, 4.69) is 4.90 Å². The van der Waals surface area contributed by atoms with E-state index in [4.69, 9.17) is 11.6 Å². The van der Waals surface area contributed by atoms with Crippen LogP contribution in [0, 0.1) is 6.92 Å². The third-order valence-electron chi connectivity index (χ3n) is 3.89. The summed E-state index contributed by atoms with van der Waals surface area (Å²) < 4.78 is 0. The van der Waals surface area contributed by atoms with Gasteiger partial charge in [0.2, 0.25) is 0 Å². The molecule has 0 atom stereocenters. The molecule has 1 saturated heterocycles. The second-order valence-corrected chi connectivity index (χ2v) is 5.95. The molecule has 0 amide bonds. The van der Waals surface area contributed by atoms with Crippen molar-refractivity contribution < 1.29 is 4.79 Å². The smallest absolute Gasteiger partial charge is 0.182 e. The molecule has 0 aromatic heterocycles. The van der Waals surface area contributed by atoms with Gasteiger partial charge in [0.15, 0.2) is 5.78 Å². The lowest BCUT2D eigenvalue weighted by Crippen LogP contribution is -2.48. The van der Waals surface area contributed by atoms with Crippen molar-refractivity contribution in [2.45, 2.75) is 39.2 Å². The zero-order valence-electron chi connectivity index (χ0n) is 11.3. The molecule has 3 heteroatoms. The molecule has 1 fully saturated rings. The highest BCUT2D eigenvalue weighted by atomic mass is 35.5. The minimum absolute atomic E-state index is 0.159. The van der Waals surface area contributed by atoms with Gasteiger partial charge in [-0.25, -0.2) is 0 Å². The fraction of sp³-hybridized carbons (Fsp3) is 0.533. The van der Waals surface area contributed by atoms with Crippen LogP contribution in [0.5, 0.6) is 0 Å². The van der Waals surface area contributed by atoms with Crippen LogP contribution in [-0.2, 0) is 0 Å². The number of carbonyl (C=O) groups excluding carboxylic acids is 1. The molecule has 2 rings (SSSR count). The van der Waals surface area contributed by atoms with E-state index in [1.54, 1.807) is 6.07 Å². The SMILES string of the molecule is Cc1ccc(C(=O)C(C)(C)N2CCCC2)cc1Cl. The Kier molecular flexibility index (Phi) is 3.79. The van der Waals surface area contributed by atoms with Crippen molar-refractivity contribution in [1.29, 1.82) is 0 Å². The van der Waals surface area contributed by atoms with Gasteiger partial charge in [0.25, 0.3) is 0 Å². The average molecular weight is 266 g/mol. The van der Waals surface area contributed by atoms with E-state index in [0.717, 1.165) is 18.7 Å². The van der Waals surface area contributed by atoms with E-state index in [9.17, 15) is 4.79 Å². The van der Waals surface area contributed by atoms with Crippen LogP contribution in [0.4, 0.5) is 0 Å². The highest BCUT2D eigenvalue weighted by Crippen LogP contribution is 2.26. The molecule has 0 bridgehead atoms. The van der Waals surface area contributed by atoms with Gasteiger partial charge in [-0.1, -0.05) is 23.7 Å². The summed E-state index contributed by atoms with van der Waals surface area (Å²) in [6, 6.07) is 5.58. The number of carbonyl (C=O) groups is 1. The summed E-state index contributed by atoms with van der Waals surface area (Å²) >= 11 is 6.10. The number of Topliss-reactive ketones (excluding diaryl/α,β-unsaturated/α-hetero) is 1. The Labute approximate surface area is 114 Å². The number of halogens is 1. The summed E-state index contributed by atoms with van der Waals surface area (Å²) in [6.45, 7) is 7.99. The molecule has 2 nitrogen and oxygen atoms in total. The molecule has 1 aromatic rings. The summed E-state index contributed by atoms with van der Waals surface area (Å²) in [5.74, 6) is 0.159. The number of hydrogen-bond acceptors (Lipinski definition) is 2. The monoisotopic (exact) mass is 265 g/mol. The lowest BCUT2D eigenvalue weighted by Gasteiger charge is -2.34. The molecule has 0 saturated carbocycles. The van der Waals surface area contributed by atoms with Gasteiger partial charge in [-0.2, -0.15) is 0 Å². The first kappa shape index (κ1) is 13.6. The Bertz CT molecular complexity index is 462. The maximum Gasteiger partial charge on any atom is 0.182 e. The summed E-state index contributed by atoms with van der Waals surface area (Å²) in [5.41, 5.74) is 1.28. The summed E-state index contributed by atoms with van der Waals surface area (Å²) in [6.07, 6.45) is 2.37. The van der Waals surface area contributed by atoms with Crippen LogP contribution in [-0.4, -0.2) is 29.3 Å². The second kappa shape index (κ2) is 5.02. The van der Waals surface area contributed by atoms with Gasteiger partial charge in [-0.3, -0.25) is 9.69 Å². The van der Waals surface area contributed by atoms with Crippen molar-refractivity contribution in [3.8, 4) is 0 Å². The van der Waals surface area contributed by atoms with Crippen molar-refractivity contribution in [2.75, 3.05) is 13.1 Å². The van der Waals surface area contributed by atoms with Crippen LogP contribution >= 0.6 is 11.6 Å². The fourth-order valence-corrected chi connectivity index (χ4v) is 2.69. The van der Waals surface area contributed by atoms with Crippen molar-refractivity contribution in [2.24, 2.45) is 0 Å². The fourth-order valence-electron chi connectivity index (χ4n) is 2.51. The predicted octanol–water partition coefficient (Wildman–Crippen LogP) is 3.71. The first-order valence-electron chi connectivity index (χ1n) is 6.49. The standard InChI is InChI=1S/C15H20ClNO/c1-11-6-7-12(10-13(11)16)14(18)15(2,3)17-8-4-5-9-17/h6-7,10H,4-5,8-9H2,1-3H3. The zero-order chi connectivity index (χ0) is 13.3. The molecule has 1 aliphatic rings. The maximum atomic E-state index is 12.6. The molecule has 0 spiro atoms. The molecule has 1 aliphatic heterocycles. The van der Waals surface area contributed by atoms with Gasteiger partial charge in [-0.15, -0.1) is 0 Å². The first-order chi connectivity index (χ1) is 8.43. The van der Waals surface area contributed by atoms with Crippen LogP contribution in [0.3, 0.4) is 0 Å². The normalized spacial score (nSPS) is 17.1. The predicted molar refractivity (Wildman–Crippen MR) is 75.4 cm³/mol. The Morgan fingerprint density at radius 1 is 1.28 bits per heavy atom. The van der Waals surface area contributed by atoms with Crippen LogP contribution in [0.15, 0.2) is 18.2 Å². The summed E-state index contributed by atoms with van der Waals surface area (Å²) in [4.78, 5) is 14.9. The molecule has 98 valence electrons. The second-order valence-electron chi connectivity index (χ2n) is 5.55. The van der Waals surface area contributed by atoms with Crippen LogP contribution in [0.25, 0.3) is 0 Å². The van der Waals surface area contributed by atoms with Crippen LogP contribution in [0.1, 0.15) is 42.6 Å². The molecule has 0 N–H and O–H groups in total. The van der Waals surface area contributed by atoms with E-state index >= 15 is 0 Å². The topological polar surface area (TPSA) is 20.3 Å². The van der Waals surface area contributed by atoms with Crippen molar-refractivity contribution in [3.05, 3.63) is 34.3 Å². The quantitative estimate of drug-likeness (QED) is 0.777. The molecule has 0 radical (unpaired) electrons. The lowest BCUT2D eigenvalue weighted by atomic mass is 9.91. The van der Waals surface area contributed by atoms with E-state index < -0.39 is 5.54 Å². The van der Waals surface area contributed by atoms with E-state index in [0.29, 0.717) is 10.6 Å². The van der Waals surface area contributed by atoms with Crippen LogP contribution < -0.4 is 0 Å². The van der Waals surface area contributed by atoms with Gasteiger partial charge in [0, 0.05) is 10.6 Å². The Morgan fingerprint density at radius 2 is 1.89 bits per heavy atom. The highest BCUT2D eigenvalue weighted by molar-refractivity contribution is 6.31. The van der Waals surface area contributed by atoms with Crippen molar-refractivity contribution in [3.63, 3.8) is 0 Å². The molecule has 18 heavy (non-hydrogen) atoms. The number of hydrogen-bond donors (Lipinski definition) is 0. The van der Waals surface area contributed by atoms with Crippen molar-refractivity contribution >= 4 is 17.4 Å². The van der Waals surface area contributed by atoms with E-state index in [-0.39, 0.29) is 5.78 Å². The lowest BCUT2D eigenvalue weighted by molar-refractivity contribution is 0.0702. The largest absolute Gasteiger partial charge is 0.292 e. The summed E-state index contributed by atoms with van der Waals surface area (Å²) in [7, 11) is 0. The number of aryl methyl sites for hydroxylation is 1. The van der Waals surface area contributed by atoms with E-state index in [1.807, 2.05) is 32.9 Å².